The predicted molar refractivity (Wildman–Crippen MR) is 133 cm³/mol. The second-order valence-electron chi connectivity index (χ2n) is 7.89. The molecule has 0 bridgehead atoms. The van der Waals surface area contributed by atoms with Crippen LogP contribution in [0.25, 0.3) is 26.8 Å². The van der Waals surface area contributed by atoms with Crippen molar-refractivity contribution in [2.24, 2.45) is 0 Å². The van der Waals surface area contributed by atoms with Crippen LogP contribution >= 0.6 is 23.4 Å². The Morgan fingerprint density at radius 1 is 0.971 bits per heavy atom. The van der Waals surface area contributed by atoms with Crippen molar-refractivity contribution in [2.75, 3.05) is 4.90 Å². The number of carbonyl (C=O) groups is 2. The maximum atomic E-state index is 13.6. The average molecular weight is 486 g/mol. The van der Waals surface area contributed by atoms with Gasteiger partial charge in [0.25, 0.3) is 5.91 Å². The number of nitrogens with one attached hydrogen (secondary N) is 1. The number of nitrogens with zero attached hydrogens (tertiary/aromatic N) is 4. The standard InChI is InChI=1S/C25H16ClN5O2S/c26-18-7-3-6-17(15-8-9-28-29-12-15)22(18)21-10-19-23(34-21)24(32)31(25(33)30-19)20-13-27-11-14-4-1-2-5-16(14)20/h1-13,19,23H,(H,30,33). The summed E-state index contributed by atoms with van der Waals surface area (Å²) in [6.45, 7) is 0. The molecule has 0 spiro atoms. The molecule has 0 saturated carbocycles. The van der Waals surface area contributed by atoms with Gasteiger partial charge in [0.15, 0.2) is 0 Å². The summed E-state index contributed by atoms with van der Waals surface area (Å²) < 4.78 is 0. The summed E-state index contributed by atoms with van der Waals surface area (Å²) in [5.41, 5.74) is 3.02. The Morgan fingerprint density at radius 3 is 2.71 bits per heavy atom. The Balaban J connectivity index is 1.38. The van der Waals surface area contributed by atoms with E-state index in [1.54, 1.807) is 24.8 Å². The number of anilines is 1. The van der Waals surface area contributed by atoms with Crippen molar-refractivity contribution in [1.29, 1.82) is 0 Å². The van der Waals surface area contributed by atoms with Gasteiger partial charge in [-0.2, -0.15) is 10.2 Å². The number of benzene rings is 2. The lowest BCUT2D eigenvalue weighted by atomic mass is 9.99. The Hall–Kier alpha value is -3.75. The molecule has 2 unspecified atom stereocenters. The van der Waals surface area contributed by atoms with Gasteiger partial charge in [-0.3, -0.25) is 9.78 Å². The number of pyridine rings is 1. The molecule has 2 aliphatic heterocycles. The Morgan fingerprint density at radius 2 is 1.85 bits per heavy atom. The number of rotatable bonds is 3. The monoisotopic (exact) mass is 485 g/mol. The van der Waals surface area contributed by atoms with E-state index in [0.29, 0.717) is 10.7 Å². The van der Waals surface area contributed by atoms with E-state index in [0.717, 1.165) is 32.4 Å². The molecule has 6 rings (SSSR count). The number of amides is 3. The van der Waals surface area contributed by atoms with Crippen LogP contribution in [0.2, 0.25) is 5.02 Å². The van der Waals surface area contributed by atoms with Gasteiger partial charge in [0.1, 0.15) is 5.25 Å². The zero-order valence-corrected chi connectivity index (χ0v) is 19.1. The molecule has 1 N–H and O–H groups in total. The summed E-state index contributed by atoms with van der Waals surface area (Å²) in [7, 11) is 0. The van der Waals surface area contributed by atoms with Crippen molar-refractivity contribution in [2.45, 2.75) is 11.3 Å². The van der Waals surface area contributed by atoms with Crippen LogP contribution in [0.3, 0.4) is 0 Å². The Labute approximate surface area is 203 Å². The molecule has 1 fully saturated rings. The van der Waals surface area contributed by atoms with Crippen LogP contribution < -0.4 is 10.2 Å². The first-order valence-corrected chi connectivity index (χ1v) is 11.8. The number of thioether (sulfide) groups is 1. The van der Waals surface area contributed by atoms with Gasteiger partial charge < -0.3 is 5.32 Å². The van der Waals surface area contributed by atoms with Gasteiger partial charge in [0.05, 0.1) is 30.3 Å². The SMILES string of the molecule is O=C1NC2C=C(c3c(Cl)cccc3-c3ccnnc3)SC2C(=O)N1c1cncc2ccccc12. The van der Waals surface area contributed by atoms with Crippen LogP contribution in [0.5, 0.6) is 0 Å². The molecular weight excluding hydrogens is 470 g/mol. The number of aromatic nitrogens is 3. The first-order valence-electron chi connectivity index (χ1n) is 10.5. The summed E-state index contributed by atoms with van der Waals surface area (Å²) in [4.78, 5) is 33.0. The van der Waals surface area contributed by atoms with Gasteiger partial charge in [-0.05, 0) is 23.8 Å². The molecule has 2 aromatic heterocycles. The molecule has 9 heteroatoms. The third-order valence-corrected chi connectivity index (χ3v) is 7.57. The highest BCUT2D eigenvalue weighted by atomic mass is 35.5. The summed E-state index contributed by atoms with van der Waals surface area (Å²) in [5.74, 6) is -0.290. The van der Waals surface area contributed by atoms with Gasteiger partial charge in [-0.25, -0.2) is 9.69 Å². The highest BCUT2D eigenvalue weighted by molar-refractivity contribution is 8.09. The topological polar surface area (TPSA) is 88.1 Å². The van der Waals surface area contributed by atoms with Gasteiger partial charge in [-0.1, -0.05) is 48.0 Å². The van der Waals surface area contributed by atoms with E-state index in [4.69, 9.17) is 11.6 Å². The molecule has 1 saturated heterocycles. The van der Waals surface area contributed by atoms with E-state index in [1.165, 1.54) is 16.7 Å². The van der Waals surface area contributed by atoms with E-state index < -0.39 is 17.3 Å². The largest absolute Gasteiger partial charge is 0.329 e. The normalized spacial score (nSPS) is 19.7. The number of carbonyl (C=O) groups excluding carboxylic acids is 2. The molecule has 2 aromatic carbocycles. The lowest BCUT2D eigenvalue weighted by Gasteiger charge is -2.33. The molecule has 0 radical (unpaired) electrons. The summed E-state index contributed by atoms with van der Waals surface area (Å²) in [6, 6.07) is 14.1. The molecule has 4 heterocycles. The second-order valence-corrected chi connectivity index (χ2v) is 9.48. The third-order valence-electron chi connectivity index (χ3n) is 5.91. The van der Waals surface area contributed by atoms with Gasteiger partial charge >= 0.3 is 6.03 Å². The number of halogens is 1. The minimum Gasteiger partial charge on any atom is -0.329 e. The van der Waals surface area contributed by atoms with E-state index in [2.05, 4.69) is 20.5 Å². The Kier molecular flexibility index (Phi) is 5.04. The van der Waals surface area contributed by atoms with Crippen LogP contribution in [0.4, 0.5) is 10.5 Å². The average Bonchev–Trinajstić information content (AvgIpc) is 3.28. The molecule has 0 aliphatic carbocycles. The fourth-order valence-electron chi connectivity index (χ4n) is 4.37. The fraction of sp³-hybridized carbons (Fsp3) is 0.0800. The number of hydrogen-bond donors (Lipinski definition) is 1. The second kappa shape index (κ2) is 8.23. The van der Waals surface area contributed by atoms with E-state index >= 15 is 0 Å². The van der Waals surface area contributed by atoms with Crippen molar-refractivity contribution >= 4 is 56.7 Å². The van der Waals surface area contributed by atoms with E-state index in [-0.39, 0.29) is 5.91 Å². The molecule has 3 amide bonds. The number of fused-ring (bicyclic) bond motifs is 2. The lowest BCUT2D eigenvalue weighted by Crippen LogP contribution is -2.60. The van der Waals surface area contributed by atoms with Gasteiger partial charge in [0, 0.05) is 38.0 Å². The van der Waals surface area contributed by atoms with Crippen molar-refractivity contribution in [1.82, 2.24) is 20.5 Å². The third kappa shape index (κ3) is 3.34. The molecule has 7 nitrogen and oxygen atoms in total. The molecule has 166 valence electrons. The maximum absolute atomic E-state index is 13.6. The number of imide groups is 1. The van der Waals surface area contributed by atoms with Gasteiger partial charge in [-0.15, -0.1) is 11.8 Å². The summed E-state index contributed by atoms with van der Waals surface area (Å²) in [5, 5.41) is 12.5. The highest BCUT2D eigenvalue weighted by Gasteiger charge is 2.46. The van der Waals surface area contributed by atoms with Crippen LogP contribution in [0, 0.1) is 0 Å². The molecule has 2 atom stereocenters. The predicted octanol–water partition coefficient (Wildman–Crippen LogP) is 4.93. The highest BCUT2D eigenvalue weighted by Crippen LogP contribution is 2.47. The van der Waals surface area contributed by atoms with Crippen LogP contribution in [0.1, 0.15) is 5.56 Å². The minimum atomic E-state index is -0.522. The smallest absolute Gasteiger partial charge is 0.329 e. The Bertz CT molecular complexity index is 1490. The van der Waals surface area contributed by atoms with Crippen molar-refractivity contribution in [3.63, 3.8) is 0 Å². The van der Waals surface area contributed by atoms with E-state index in [9.17, 15) is 9.59 Å². The maximum Gasteiger partial charge on any atom is 0.329 e. The van der Waals surface area contributed by atoms with Crippen molar-refractivity contribution in [3.05, 3.63) is 90.0 Å². The van der Waals surface area contributed by atoms with Crippen LogP contribution in [-0.2, 0) is 4.79 Å². The quantitative estimate of drug-likeness (QED) is 0.443. The zero-order valence-electron chi connectivity index (χ0n) is 17.6. The van der Waals surface area contributed by atoms with Crippen molar-refractivity contribution < 1.29 is 9.59 Å². The van der Waals surface area contributed by atoms with E-state index in [1.807, 2.05) is 54.6 Å². The summed E-state index contributed by atoms with van der Waals surface area (Å²) >= 11 is 8.03. The van der Waals surface area contributed by atoms with Crippen LogP contribution in [-0.4, -0.2) is 38.4 Å². The molecule has 4 aromatic rings. The first kappa shape index (κ1) is 20.8. The fourth-order valence-corrected chi connectivity index (χ4v) is 6.04. The lowest BCUT2D eigenvalue weighted by molar-refractivity contribution is -0.118. The number of urea groups is 1. The van der Waals surface area contributed by atoms with Crippen molar-refractivity contribution in [3.8, 4) is 11.1 Å². The molecular formula is C25H16ClN5O2S. The zero-order chi connectivity index (χ0) is 23.2. The van der Waals surface area contributed by atoms with Gasteiger partial charge in [0.2, 0.25) is 0 Å². The summed E-state index contributed by atoms with van der Waals surface area (Å²) in [6.07, 6.45) is 8.46. The molecule has 34 heavy (non-hydrogen) atoms. The van der Waals surface area contributed by atoms with Crippen LogP contribution in [0.15, 0.2) is 79.4 Å². The minimum absolute atomic E-state index is 0.290. The molecule has 2 aliphatic rings. The first-order chi connectivity index (χ1) is 16.6. The number of hydrogen-bond acceptors (Lipinski definition) is 6.